The Hall–Kier alpha value is -3.28. The lowest BCUT2D eigenvalue weighted by Crippen LogP contribution is -2.56. The van der Waals surface area contributed by atoms with Gasteiger partial charge in [0.25, 0.3) is 0 Å². The zero-order valence-corrected chi connectivity index (χ0v) is 18.7. The molecule has 0 aromatic heterocycles. The molecule has 2 rings (SSSR count). The summed E-state index contributed by atoms with van der Waals surface area (Å²) < 4.78 is 49.7. The van der Waals surface area contributed by atoms with Crippen molar-refractivity contribution >= 4 is 18.0 Å². The summed E-state index contributed by atoms with van der Waals surface area (Å²) in [6.07, 6.45) is -4.24. The van der Waals surface area contributed by atoms with Crippen LogP contribution >= 0.6 is 0 Å². The van der Waals surface area contributed by atoms with Crippen LogP contribution in [-0.2, 0) is 25.3 Å². The molecule has 1 aromatic carbocycles. The van der Waals surface area contributed by atoms with E-state index in [1.807, 2.05) is 0 Å². The Kier molecular flexibility index (Phi) is 8.69. The minimum Gasteiger partial charge on any atom is -0.488 e. The highest BCUT2D eigenvalue weighted by atomic mass is 19.4. The summed E-state index contributed by atoms with van der Waals surface area (Å²) in [6, 6.07) is 2.85. The molecule has 0 N–H and O–H groups in total. The number of ether oxygens (including phenoxy) is 2. The van der Waals surface area contributed by atoms with Crippen LogP contribution in [0.1, 0.15) is 19.4 Å². The van der Waals surface area contributed by atoms with Crippen LogP contribution in [0.25, 0.3) is 0 Å². The summed E-state index contributed by atoms with van der Waals surface area (Å²) >= 11 is 0. The molecule has 33 heavy (non-hydrogen) atoms. The van der Waals surface area contributed by atoms with Crippen molar-refractivity contribution in [2.45, 2.75) is 32.3 Å². The topological polar surface area (TPSA) is 88.6 Å². The molecule has 0 aliphatic carbocycles. The van der Waals surface area contributed by atoms with Gasteiger partial charge in [0.05, 0.1) is 12.1 Å². The summed E-state index contributed by atoms with van der Waals surface area (Å²) in [5.41, 5.74) is -0.913. The summed E-state index contributed by atoms with van der Waals surface area (Å²) in [5, 5.41) is 0.836. The van der Waals surface area contributed by atoms with Crippen LogP contribution < -0.4 is 4.74 Å². The molecule has 1 aliphatic rings. The van der Waals surface area contributed by atoms with Crippen LogP contribution in [0, 0.1) is 0 Å². The number of urea groups is 1. The lowest BCUT2D eigenvalue weighted by atomic mass is 10.2. The number of carbonyl (C=O) groups is 3. The lowest BCUT2D eigenvalue weighted by molar-refractivity contribution is -0.181. The highest BCUT2D eigenvalue weighted by molar-refractivity contribution is 5.92. The van der Waals surface area contributed by atoms with E-state index in [4.69, 9.17) is 14.3 Å². The van der Waals surface area contributed by atoms with Crippen LogP contribution in [-0.4, -0.2) is 78.9 Å². The zero-order chi connectivity index (χ0) is 24.8. The first-order valence-electron chi connectivity index (χ1n) is 10.0. The number of nitrogens with zero attached hydrogens (tertiary/aromatic N) is 3. The number of cyclic esters (lactones) is 1. The maximum atomic E-state index is 13.2. The Morgan fingerprint density at radius 3 is 2.39 bits per heavy atom. The second-order valence-electron chi connectivity index (χ2n) is 7.66. The van der Waals surface area contributed by atoms with Crippen LogP contribution in [0.2, 0.25) is 0 Å². The van der Waals surface area contributed by atoms with E-state index < -0.39 is 48.6 Å². The van der Waals surface area contributed by atoms with Gasteiger partial charge in [-0.2, -0.15) is 18.2 Å². The minimum atomic E-state index is -4.57. The van der Waals surface area contributed by atoms with Gasteiger partial charge in [0.15, 0.2) is 0 Å². The molecular weight excluding hydrogens is 447 g/mol. The highest BCUT2D eigenvalue weighted by Crippen LogP contribution is 2.31. The van der Waals surface area contributed by atoms with E-state index in [2.05, 4.69) is 0 Å². The molecule has 2 amide bonds. The number of halogens is 3. The number of alkyl halides is 3. The third-order valence-corrected chi connectivity index (χ3v) is 4.41. The summed E-state index contributed by atoms with van der Waals surface area (Å²) in [4.78, 5) is 45.3. The second-order valence-corrected chi connectivity index (χ2v) is 7.66. The lowest BCUT2D eigenvalue weighted by Gasteiger charge is -2.37. The fourth-order valence-corrected chi connectivity index (χ4v) is 2.83. The van der Waals surface area contributed by atoms with Crippen molar-refractivity contribution in [2.24, 2.45) is 0 Å². The molecular formula is C21H26F3N3O6. The Labute approximate surface area is 189 Å². The molecule has 1 aromatic rings. The normalized spacial score (nSPS) is 18.9. The molecule has 9 nitrogen and oxygen atoms in total. The van der Waals surface area contributed by atoms with Gasteiger partial charge in [-0.25, -0.2) is 14.4 Å². The zero-order valence-electron chi connectivity index (χ0n) is 18.7. The highest BCUT2D eigenvalue weighted by Gasteiger charge is 2.36. The Morgan fingerprint density at radius 2 is 1.79 bits per heavy atom. The summed E-state index contributed by atoms with van der Waals surface area (Å²) in [5.74, 6) is -2.02. The van der Waals surface area contributed by atoms with Crippen molar-refractivity contribution in [3.05, 3.63) is 42.0 Å². The van der Waals surface area contributed by atoms with Crippen molar-refractivity contribution in [3.8, 4) is 5.75 Å². The second kappa shape index (κ2) is 11.0. The molecule has 0 saturated heterocycles. The molecule has 0 saturated carbocycles. The van der Waals surface area contributed by atoms with Gasteiger partial charge in [0, 0.05) is 24.7 Å². The molecule has 0 bridgehead atoms. The van der Waals surface area contributed by atoms with Crippen LogP contribution in [0.15, 0.2) is 36.4 Å². The number of hydroxylamine groups is 2. The van der Waals surface area contributed by atoms with Gasteiger partial charge in [-0.1, -0.05) is 6.07 Å². The average Bonchev–Trinajstić information content (AvgIpc) is 2.72. The standard InChI is InChI=1S/C21H26F3N3O6/c1-14(2)27-17(13-31-16-7-5-6-15(12-16)21(22,23)24)32-18(28)8-9-19(29)33-26(20(27)30)11-10-25(3)4/h5-9,12,14,17H,10-11,13H2,1-4H3/b9-8+. The van der Waals surface area contributed by atoms with E-state index >= 15 is 0 Å². The number of hydrogen-bond acceptors (Lipinski definition) is 7. The minimum absolute atomic E-state index is 0.0176. The van der Waals surface area contributed by atoms with Crippen molar-refractivity contribution in [2.75, 3.05) is 33.8 Å². The fraction of sp³-hybridized carbons (Fsp3) is 0.476. The number of hydrogen-bond donors (Lipinski definition) is 0. The molecule has 1 heterocycles. The number of carbonyl (C=O) groups excluding carboxylic acids is 3. The summed E-state index contributed by atoms with van der Waals surface area (Å²) in [6.45, 7) is 3.19. The molecule has 1 unspecified atom stereocenters. The number of esters is 1. The largest absolute Gasteiger partial charge is 0.488 e. The van der Waals surface area contributed by atoms with E-state index in [1.165, 1.54) is 12.1 Å². The Morgan fingerprint density at radius 1 is 1.12 bits per heavy atom. The number of rotatable bonds is 7. The third-order valence-electron chi connectivity index (χ3n) is 4.41. The number of benzene rings is 1. The monoisotopic (exact) mass is 473 g/mol. The van der Waals surface area contributed by atoms with Gasteiger partial charge in [-0.3, -0.25) is 4.90 Å². The molecule has 182 valence electrons. The molecule has 0 radical (unpaired) electrons. The Bertz CT molecular complexity index is 888. The molecule has 0 spiro atoms. The van der Waals surface area contributed by atoms with Crippen LogP contribution in [0.3, 0.4) is 0 Å². The first kappa shape index (κ1) is 26.0. The van der Waals surface area contributed by atoms with E-state index in [9.17, 15) is 27.6 Å². The van der Waals surface area contributed by atoms with Gasteiger partial charge < -0.3 is 19.2 Å². The van der Waals surface area contributed by atoms with Gasteiger partial charge in [0.1, 0.15) is 12.4 Å². The molecule has 12 heteroatoms. The molecule has 1 atom stereocenters. The maximum Gasteiger partial charge on any atom is 0.416 e. The van der Waals surface area contributed by atoms with Crippen molar-refractivity contribution < 1.29 is 41.9 Å². The predicted molar refractivity (Wildman–Crippen MR) is 110 cm³/mol. The molecule has 0 fully saturated rings. The quantitative estimate of drug-likeness (QED) is 0.563. The SMILES string of the molecule is CC(C)N1C(=O)N(CCN(C)C)OC(=O)/C=C/C(=O)OC1COc1cccc(C(F)(F)F)c1. The van der Waals surface area contributed by atoms with Gasteiger partial charge in [-0.15, -0.1) is 0 Å². The van der Waals surface area contributed by atoms with Crippen molar-refractivity contribution in [1.29, 1.82) is 0 Å². The van der Waals surface area contributed by atoms with Crippen molar-refractivity contribution in [3.63, 3.8) is 0 Å². The van der Waals surface area contributed by atoms with Crippen LogP contribution in [0.5, 0.6) is 5.75 Å². The predicted octanol–water partition coefficient (Wildman–Crippen LogP) is 2.68. The van der Waals surface area contributed by atoms with Gasteiger partial charge >= 0.3 is 24.1 Å². The maximum absolute atomic E-state index is 13.2. The van der Waals surface area contributed by atoms with Crippen molar-refractivity contribution in [1.82, 2.24) is 14.9 Å². The first-order chi connectivity index (χ1) is 15.4. The first-order valence-corrected chi connectivity index (χ1v) is 10.0. The van der Waals surface area contributed by atoms with E-state index in [0.717, 1.165) is 34.2 Å². The van der Waals surface area contributed by atoms with E-state index in [-0.39, 0.29) is 12.3 Å². The average molecular weight is 473 g/mol. The Balaban J connectivity index is 2.32. The van der Waals surface area contributed by atoms with E-state index in [0.29, 0.717) is 6.54 Å². The number of amides is 2. The molecule has 1 aliphatic heterocycles. The van der Waals surface area contributed by atoms with E-state index in [1.54, 1.807) is 32.8 Å². The van der Waals surface area contributed by atoms with Crippen LogP contribution in [0.4, 0.5) is 18.0 Å². The number of likely N-dealkylation sites (N-methyl/N-ethyl adjacent to an activating group) is 1. The third kappa shape index (κ3) is 7.67. The smallest absolute Gasteiger partial charge is 0.416 e. The fourth-order valence-electron chi connectivity index (χ4n) is 2.83. The van der Waals surface area contributed by atoms with Gasteiger partial charge in [0.2, 0.25) is 6.23 Å². The summed E-state index contributed by atoms with van der Waals surface area (Å²) in [7, 11) is 3.53. The van der Waals surface area contributed by atoms with Gasteiger partial charge in [-0.05, 0) is 46.1 Å².